The molecule has 113 valence electrons. The van der Waals surface area contributed by atoms with E-state index in [9.17, 15) is 0 Å². The van der Waals surface area contributed by atoms with Crippen molar-refractivity contribution in [3.63, 3.8) is 0 Å². The SMILES string of the molecule is COC(C)(C)C(C)(C)O[B]C(C)[C@@]1(C)C=CN(C)N=C1. The topological polar surface area (TPSA) is 34.1 Å². The molecular weight excluding hydrogens is 251 g/mol. The van der Waals surface area contributed by atoms with Crippen molar-refractivity contribution in [2.45, 2.75) is 58.6 Å². The molecule has 4 nitrogen and oxygen atoms in total. The Morgan fingerprint density at radius 2 is 1.85 bits per heavy atom. The van der Waals surface area contributed by atoms with Crippen molar-refractivity contribution in [1.29, 1.82) is 0 Å². The van der Waals surface area contributed by atoms with Crippen LogP contribution in [0.25, 0.3) is 0 Å². The first-order valence-electron chi connectivity index (χ1n) is 7.08. The Hall–Kier alpha value is -0.805. The Kier molecular flexibility index (Phi) is 5.09. The largest absolute Gasteiger partial charge is 0.433 e. The predicted molar refractivity (Wildman–Crippen MR) is 84.9 cm³/mol. The maximum atomic E-state index is 6.03. The lowest BCUT2D eigenvalue weighted by Gasteiger charge is -2.42. The molecule has 0 amide bonds. The van der Waals surface area contributed by atoms with Gasteiger partial charge in [0.15, 0.2) is 0 Å². The Morgan fingerprint density at radius 1 is 1.25 bits per heavy atom. The number of rotatable bonds is 6. The molecule has 1 radical (unpaired) electrons. The third-order valence-electron chi connectivity index (χ3n) is 4.68. The number of hydrogen-bond donors (Lipinski definition) is 0. The van der Waals surface area contributed by atoms with Crippen LogP contribution in [0.15, 0.2) is 17.4 Å². The van der Waals surface area contributed by atoms with Crippen molar-refractivity contribution in [3.05, 3.63) is 12.3 Å². The second-order valence-electron chi connectivity index (χ2n) is 6.77. The zero-order chi connectivity index (χ0) is 15.6. The van der Waals surface area contributed by atoms with Gasteiger partial charge in [0.05, 0.1) is 11.2 Å². The molecule has 1 heterocycles. The zero-order valence-corrected chi connectivity index (χ0v) is 14.1. The van der Waals surface area contributed by atoms with Gasteiger partial charge in [-0.05, 0) is 33.5 Å². The lowest BCUT2D eigenvalue weighted by molar-refractivity contribution is -0.115. The van der Waals surface area contributed by atoms with E-state index in [1.54, 1.807) is 12.1 Å². The number of methoxy groups -OCH3 is 1. The molecule has 0 aromatic carbocycles. The van der Waals surface area contributed by atoms with Gasteiger partial charge >= 0.3 is 0 Å². The van der Waals surface area contributed by atoms with E-state index in [4.69, 9.17) is 9.39 Å². The van der Waals surface area contributed by atoms with Gasteiger partial charge in [-0.2, -0.15) is 5.10 Å². The number of hydrazone groups is 1. The molecule has 0 aromatic rings. The number of allylic oxidation sites excluding steroid dienone is 1. The summed E-state index contributed by atoms with van der Waals surface area (Å²) in [6.45, 7) is 12.4. The normalized spacial score (nSPS) is 24.9. The fourth-order valence-electron chi connectivity index (χ4n) is 1.64. The molecule has 1 unspecified atom stereocenters. The van der Waals surface area contributed by atoms with Gasteiger partial charge in [-0.3, -0.25) is 5.01 Å². The van der Waals surface area contributed by atoms with Gasteiger partial charge in [0, 0.05) is 32.0 Å². The summed E-state index contributed by atoms with van der Waals surface area (Å²) in [5, 5.41) is 6.13. The van der Waals surface area contributed by atoms with Crippen LogP contribution in [0.5, 0.6) is 0 Å². The highest BCUT2D eigenvalue weighted by Gasteiger charge is 2.40. The van der Waals surface area contributed by atoms with Crippen LogP contribution in [0.4, 0.5) is 0 Å². The summed E-state index contributed by atoms with van der Waals surface area (Å²) in [5.41, 5.74) is -0.890. The molecule has 1 aliphatic heterocycles. The third-order valence-corrected chi connectivity index (χ3v) is 4.68. The molecule has 0 spiro atoms. The molecule has 1 aliphatic rings. The minimum atomic E-state index is -0.404. The van der Waals surface area contributed by atoms with Gasteiger partial charge in [-0.1, -0.05) is 19.9 Å². The van der Waals surface area contributed by atoms with Gasteiger partial charge in [-0.15, -0.1) is 0 Å². The van der Waals surface area contributed by atoms with E-state index in [0.29, 0.717) is 0 Å². The summed E-state index contributed by atoms with van der Waals surface area (Å²) < 4.78 is 11.6. The van der Waals surface area contributed by atoms with Crippen LogP contribution in [0.2, 0.25) is 5.82 Å². The molecule has 1 rings (SSSR count). The van der Waals surface area contributed by atoms with Gasteiger partial charge in [0.2, 0.25) is 0 Å². The van der Waals surface area contributed by atoms with Crippen LogP contribution in [-0.2, 0) is 9.39 Å². The van der Waals surface area contributed by atoms with Crippen LogP contribution in [0, 0.1) is 5.41 Å². The van der Waals surface area contributed by atoms with Gasteiger partial charge in [0.25, 0.3) is 7.48 Å². The second-order valence-corrected chi connectivity index (χ2v) is 6.77. The Balaban J connectivity index is 2.66. The van der Waals surface area contributed by atoms with Crippen molar-refractivity contribution in [2.75, 3.05) is 14.2 Å². The molecule has 0 aromatic heterocycles. The summed E-state index contributed by atoms with van der Waals surface area (Å²) in [7, 11) is 5.53. The van der Waals surface area contributed by atoms with Crippen molar-refractivity contribution in [2.24, 2.45) is 10.5 Å². The minimum absolute atomic E-state index is 0.125. The highest BCUT2D eigenvalue weighted by molar-refractivity contribution is 6.30. The highest BCUT2D eigenvalue weighted by Crippen LogP contribution is 2.36. The van der Waals surface area contributed by atoms with Crippen molar-refractivity contribution in [1.82, 2.24) is 5.01 Å². The van der Waals surface area contributed by atoms with Crippen LogP contribution >= 0.6 is 0 Å². The van der Waals surface area contributed by atoms with Crippen molar-refractivity contribution >= 4 is 13.7 Å². The molecule has 20 heavy (non-hydrogen) atoms. The fourth-order valence-corrected chi connectivity index (χ4v) is 1.64. The number of ether oxygens (including phenoxy) is 1. The third kappa shape index (κ3) is 3.64. The highest BCUT2D eigenvalue weighted by atomic mass is 16.5. The maximum absolute atomic E-state index is 6.03. The Morgan fingerprint density at radius 3 is 2.30 bits per heavy atom. The Labute approximate surface area is 124 Å². The van der Waals surface area contributed by atoms with E-state index in [2.05, 4.69) is 25.0 Å². The zero-order valence-electron chi connectivity index (χ0n) is 14.1. The minimum Gasteiger partial charge on any atom is -0.433 e. The van der Waals surface area contributed by atoms with E-state index in [1.165, 1.54) is 0 Å². The van der Waals surface area contributed by atoms with Crippen LogP contribution in [-0.4, -0.2) is 44.1 Å². The molecule has 0 saturated heterocycles. The first kappa shape index (κ1) is 17.2. The molecule has 5 heteroatoms. The van der Waals surface area contributed by atoms with Gasteiger partial charge in [0.1, 0.15) is 0 Å². The molecule has 0 aliphatic carbocycles. The first-order chi connectivity index (χ1) is 9.04. The molecular formula is C15H28BN2O2. The second kappa shape index (κ2) is 5.90. The first-order valence-corrected chi connectivity index (χ1v) is 7.08. The smallest absolute Gasteiger partial charge is 0.297 e. The molecule has 0 saturated carbocycles. The molecule has 0 bridgehead atoms. The maximum Gasteiger partial charge on any atom is 0.297 e. The molecule has 2 atom stereocenters. The van der Waals surface area contributed by atoms with E-state index in [0.717, 1.165) is 0 Å². The number of nitrogens with zero attached hydrogens (tertiary/aromatic N) is 2. The summed E-state index contributed by atoms with van der Waals surface area (Å²) in [6.07, 6.45) is 6.10. The summed E-state index contributed by atoms with van der Waals surface area (Å²) in [6, 6.07) is 0. The monoisotopic (exact) mass is 279 g/mol. The van der Waals surface area contributed by atoms with Crippen molar-refractivity contribution in [3.8, 4) is 0 Å². The quantitative estimate of drug-likeness (QED) is 0.701. The summed E-state index contributed by atoms with van der Waals surface area (Å²) in [5.74, 6) is 0.211. The Bertz CT molecular complexity index is 377. The lowest BCUT2D eigenvalue weighted by Crippen LogP contribution is -2.50. The van der Waals surface area contributed by atoms with E-state index >= 15 is 0 Å². The molecule has 0 N–H and O–H groups in total. The van der Waals surface area contributed by atoms with E-state index < -0.39 is 5.60 Å². The van der Waals surface area contributed by atoms with E-state index in [-0.39, 0.29) is 16.8 Å². The summed E-state index contributed by atoms with van der Waals surface area (Å²) in [4.78, 5) is 0. The van der Waals surface area contributed by atoms with Crippen LogP contribution in [0.1, 0.15) is 41.5 Å². The average molecular weight is 279 g/mol. The van der Waals surface area contributed by atoms with Gasteiger partial charge in [-0.25, -0.2) is 0 Å². The predicted octanol–water partition coefficient (Wildman–Crippen LogP) is 3.09. The van der Waals surface area contributed by atoms with Crippen molar-refractivity contribution < 1.29 is 9.39 Å². The van der Waals surface area contributed by atoms with Crippen LogP contribution in [0.3, 0.4) is 0 Å². The fraction of sp³-hybridized carbons (Fsp3) is 0.800. The lowest BCUT2D eigenvalue weighted by atomic mass is 9.63. The average Bonchev–Trinajstić information content (AvgIpc) is 2.39. The van der Waals surface area contributed by atoms with E-state index in [1.807, 2.05) is 54.6 Å². The summed E-state index contributed by atoms with van der Waals surface area (Å²) >= 11 is 0. The number of hydrogen-bond acceptors (Lipinski definition) is 4. The molecule has 0 fully saturated rings. The van der Waals surface area contributed by atoms with Crippen LogP contribution < -0.4 is 0 Å². The standard InChI is InChI=1S/C15H28BN2O2/c1-12(15(6)9-10-18(7)17-11-15)16-20-14(4,5)13(2,3)19-8/h9-12H,1-8H3/t12?,15-/m0/s1. The van der Waals surface area contributed by atoms with Gasteiger partial charge < -0.3 is 9.39 Å².